The first-order valence-corrected chi connectivity index (χ1v) is 9.48. The standard InChI is InChI=1S/C19H17ClN4O2S/c1-11-18(24-9-12(7-21)5-15(20)19(24)23-11)13-6-17(27-10-13)26-14-3-4-16(25-2)22-8-14/h3-6,8-10H,7,21H2,1-2H3. The number of fused-ring (bicyclic) bond motifs is 1. The van der Waals surface area contributed by atoms with E-state index >= 15 is 0 Å². The van der Waals surface area contributed by atoms with Gasteiger partial charge in [-0.3, -0.25) is 4.40 Å². The molecule has 0 amide bonds. The summed E-state index contributed by atoms with van der Waals surface area (Å²) in [6.45, 7) is 2.38. The molecule has 0 radical (unpaired) electrons. The van der Waals surface area contributed by atoms with Crippen molar-refractivity contribution >= 4 is 28.6 Å². The van der Waals surface area contributed by atoms with Crippen LogP contribution < -0.4 is 15.2 Å². The average Bonchev–Trinajstić information content (AvgIpc) is 3.25. The van der Waals surface area contributed by atoms with Crippen LogP contribution in [-0.4, -0.2) is 21.5 Å². The Kier molecular flexibility index (Phi) is 4.73. The van der Waals surface area contributed by atoms with Gasteiger partial charge in [0, 0.05) is 35.8 Å². The number of rotatable bonds is 5. The first kappa shape index (κ1) is 17.8. The number of ether oxygens (including phenoxy) is 2. The van der Waals surface area contributed by atoms with Gasteiger partial charge in [0.15, 0.2) is 10.7 Å². The van der Waals surface area contributed by atoms with Crippen molar-refractivity contribution in [1.82, 2.24) is 14.4 Å². The minimum Gasteiger partial charge on any atom is -0.481 e. The maximum absolute atomic E-state index is 6.37. The minimum absolute atomic E-state index is 0.412. The van der Waals surface area contributed by atoms with Crippen LogP contribution in [0.4, 0.5) is 0 Å². The predicted molar refractivity (Wildman–Crippen MR) is 107 cm³/mol. The lowest BCUT2D eigenvalue weighted by Crippen LogP contribution is -1.99. The molecule has 6 nitrogen and oxygen atoms in total. The van der Waals surface area contributed by atoms with Gasteiger partial charge in [-0.1, -0.05) is 11.6 Å². The molecule has 2 N–H and O–H groups in total. The number of imidazole rings is 1. The van der Waals surface area contributed by atoms with Crippen molar-refractivity contribution in [3.8, 4) is 28.0 Å². The lowest BCUT2D eigenvalue weighted by molar-refractivity contribution is 0.395. The van der Waals surface area contributed by atoms with Gasteiger partial charge in [0.1, 0.15) is 5.75 Å². The Balaban J connectivity index is 1.70. The Morgan fingerprint density at radius 1 is 1.30 bits per heavy atom. The quantitative estimate of drug-likeness (QED) is 0.526. The first-order chi connectivity index (χ1) is 13.1. The van der Waals surface area contributed by atoms with Crippen molar-refractivity contribution in [2.24, 2.45) is 5.73 Å². The Bertz CT molecular complexity index is 1110. The van der Waals surface area contributed by atoms with Crippen LogP contribution >= 0.6 is 22.9 Å². The van der Waals surface area contributed by atoms with E-state index in [-0.39, 0.29) is 0 Å². The highest BCUT2D eigenvalue weighted by atomic mass is 35.5. The summed E-state index contributed by atoms with van der Waals surface area (Å²) >= 11 is 7.88. The Morgan fingerprint density at radius 3 is 2.85 bits per heavy atom. The molecule has 4 heterocycles. The number of hydrogen-bond acceptors (Lipinski definition) is 6. The number of hydrogen-bond donors (Lipinski definition) is 1. The summed E-state index contributed by atoms with van der Waals surface area (Å²) in [6.07, 6.45) is 3.60. The summed E-state index contributed by atoms with van der Waals surface area (Å²) in [5.74, 6) is 1.19. The predicted octanol–water partition coefficient (Wildman–Crippen LogP) is 4.68. The molecule has 4 aromatic rings. The van der Waals surface area contributed by atoms with E-state index in [4.69, 9.17) is 26.8 Å². The summed E-state index contributed by atoms with van der Waals surface area (Å²) in [4.78, 5) is 8.76. The number of methoxy groups -OCH3 is 1. The minimum atomic E-state index is 0.412. The highest BCUT2D eigenvalue weighted by Crippen LogP contribution is 2.36. The van der Waals surface area contributed by atoms with E-state index in [1.54, 1.807) is 19.4 Å². The molecule has 0 aliphatic rings. The first-order valence-electron chi connectivity index (χ1n) is 8.23. The number of nitrogens with zero attached hydrogens (tertiary/aromatic N) is 3. The van der Waals surface area contributed by atoms with E-state index in [0.29, 0.717) is 23.2 Å². The van der Waals surface area contributed by atoms with E-state index in [1.165, 1.54) is 11.3 Å². The van der Waals surface area contributed by atoms with Crippen molar-refractivity contribution in [1.29, 1.82) is 0 Å². The van der Waals surface area contributed by atoms with Crippen LogP contribution in [0.5, 0.6) is 16.7 Å². The van der Waals surface area contributed by atoms with E-state index in [2.05, 4.69) is 9.97 Å². The molecule has 0 unspecified atom stereocenters. The molecule has 0 bridgehead atoms. The van der Waals surface area contributed by atoms with E-state index in [9.17, 15) is 0 Å². The summed E-state index contributed by atoms with van der Waals surface area (Å²) in [5, 5.41) is 3.38. The van der Waals surface area contributed by atoms with Crippen LogP contribution in [0.2, 0.25) is 5.02 Å². The molecule has 4 rings (SSSR count). The lowest BCUT2D eigenvalue weighted by atomic mass is 10.2. The van der Waals surface area contributed by atoms with Crippen molar-refractivity contribution in [3.05, 3.63) is 58.3 Å². The molecule has 0 fully saturated rings. The van der Waals surface area contributed by atoms with Gasteiger partial charge in [0.2, 0.25) is 5.88 Å². The number of aryl methyl sites for hydroxylation is 1. The second-order valence-corrected chi connectivity index (χ2v) is 7.21. The van der Waals surface area contributed by atoms with Crippen molar-refractivity contribution in [2.45, 2.75) is 13.5 Å². The zero-order valence-electron chi connectivity index (χ0n) is 14.8. The van der Waals surface area contributed by atoms with Gasteiger partial charge >= 0.3 is 0 Å². The zero-order chi connectivity index (χ0) is 19.0. The molecule has 4 aromatic heterocycles. The third-order valence-corrected chi connectivity index (χ3v) is 5.21. The van der Waals surface area contributed by atoms with Crippen molar-refractivity contribution < 1.29 is 9.47 Å². The fourth-order valence-electron chi connectivity index (χ4n) is 2.89. The molecular weight excluding hydrogens is 384 g/mol. The van der Waals surface area contributed by atoms with Gasteiger partial charge in [-0.25, -0.2) is 9.97 Å². The molecule has 0 spiro atoms. The Hall–Kier alpha value is -2.61. The van der Waals surface area contributed by atoms with E-state index in [0.717, 1.165) is 33.2 Å². The van der Waals surface area contributed by atoms with Crippen LogP contribution in [0.3, 0.4) is 0 Å². The third-order valence-electron chi connectivity index (χ3n) is 4.13. The highest BCUT2D eigenvalue weighted by molar-refractivity contribution is 7.12. The number of pyridine rings is 2. The largest absolute Gasteiger partial charge is 0.481 e. The van der Waals surface area contributed by atoms with Gasteiger partial charge in [-0.2, -0.15) is 0 Å². The third kappa shape index (κ3) is 3.37. The number of halogens is 1. The summed E-state index contributed by atoms with van der Waals surface area (Å²) < 4.78 is 13.0. The number of aromatic nitrogens is 3. The normalized spacial score (nSPS) is 11.1. The van der Waals surface area contributed by atoms with Crippen LogP contribution in [0, 0.1) is 6.92 Å². The second kappa shape index (κ2) is 7.19. The molecule has 0 saturated carbocycles. The Labute approximate surface area is 165 Å². The molecule has 0 aliphatic carbocycles. The maximum Gasteiger partial charge on any atom is 0.213 e. The molecule has 0 atom stereocenters. The fourth-order valence-corrected chi connectivity index (χ4v) is 3.92. The summed E-state index contributed by atoms with van der Waals surface area (Å²) in [5.41, 5.74) is 10.3. The van der Waals surface area contributed by atoms with Crippen LogP contribution in [0.15, 0.2) is 42.0 Å². The number of thiophene rings is 1. The molecule has 8 heteroatoms. The molecule has 0 saturated heterocycles. The van der Waals surface area contributed by atoms with Crippen LogP contribution in [-0.2, 0) is 6.54 Å². The Morgan fingerprint density at radius 2 is 2.15 bits per heavy atom. The van der Waals surface area contributed by atoms with Gasteiger partial charge in [-0.15, -0.1) is 11.3 Å². The number of nitrogens with two attached hydrogens (primary N) is 1. The topological polar surface area (TPSA) is 74.7 Å². The smallest absolute Gasteiger partial charge is 0.213 e. The molecule has 0 aromatic carbocycles. The van der Waals surface area contributed by atoms with E-state index in [1.807, 2.05) is 41.1 Å². The second-order valence-electron chi connectivity index (χ2n) is 5.93. The maximum atomic E-state index is 6.37. The monoisotopic (exact) mass is 400 g/mol. The average molecular weight is 401 g/mol. The molecule has 27 heavy (non-hydrogen) atoms. The molecular formula is C19H17ClN4O2S. The highest BCUT2D eigenvalue weighted by Gasteiger charge is 2.16. The van der Waals surface area contributed by atoms with Gasteiger partial charge in [0.25, 0.3) is 0 Å². The van der Waals surface area contributed by atoms with Gasteiger partial charge in [-0.05, 0) is 24.6 Å². The van der Waals surface area contributed by atoms with Crippen LogP contribution in [0.25, 0.3) is 16.9 Å². The molecule has 138 valence electrons. The van der Waals surface area contributed by atoms with Gasteiger partial charge < -0.3 is 15.2 Å². The van der Waals surface area contributed by atoms with Crippen molar-refractivity contribution in [2.75, 3.05) is 7.11 Å². The lowest BCUT2D eigenvalue weighted by Gasteiger charge is -2.05. The van der Waals surface area contributed by atoms with Gasteiger partial charge in [0.05, 0.1) is 29.7 Å². The van der Waals surface area contributed by atoms with Crippen molar-refractivity contribution in [3.63, 3.8) is 0 Å². The fraction of sp³-hybridized carbons (Fsp3) is 0.158. The SMILES string of the molecule is COc1ccc(Oc2cc(-c3c(C)nc4c(Cl)cc(CN)cn34)cs2)cn1. The zero-order valence-corrected chi connectivity index (χ0v) is 16.3. The van der Waals surface area contributed by atoms with Crippen LogP contribution in [0.1, 0.15) is 11.3 Å². The summed E-state index contributed by atoms with van der Waals surface area (Å²) in [7, 11) is 1.58. The summed E-state index contributed by atoms with van der Waals surface area (Å²) in [6, 6.07) is 7.41. The van der Waals surface area contributed by atoms with E-state index < -0.39 is 0 Å². The molecule has 0 aliphatic heterocycles.